The number of anilines is 1. The molecule has 9 nitrogen and oxygen atoms in total. The van der Waals surface area contributed by atoms with E-state index in [4.69, 9.17) is 26.9 Å². The molecule has 0 atom stereocenters. The van der Waals surface area contributed by atoms with Crippen molar-refractivity contribution in [2.24, 2.45) is 0 Å². The quantitative estimate of drug-likeness (QED) is 0.348. The van der Waals surface area contributed by atoms with E-state index in [0.29, 0.717) is 33.6 Å². The van der Waals surface area contributed by atoms with Crippen LogP contribution in [0.2, 0.25) is 5.02 Å². The normalized spacial score (nSPS) is 10.8. The number of carbonyl (C=O) groups is 1. The van der Waals surface area contributed by atoms with Crippen molar-refractivity contribution in [3.8, 4) is 28.6 Å². The highest BCUT2D eigenvalue weighted by molar-refractivity contribution is 7.99. The Morgan fingerprint density at radius 2 is 1.88 bits per heavy atom. The number of rotatable bonds is 9. The highest BCUT2D eigenvalue weighted by Crippen LogP contribution is 2.36. The lowest BCUT2D eigenvalue weighted by molar-refractivity contribution is -0.113. The molecular weight excluding hydrogens is 468 g/mol. The molecule has 32 heavy (non-hydrogen) atoms. The Balaban J connectivity index is 1.66. The van der Waals surface area contributed by atoms with Gasteiger partial charge in [-0.1, -0.05) is 23.4 Å². The second-order valence-electron chi connectivity index (χ2n) is 6.10. The van der Waals surface area contributed by atoms with Gasteiger partial charge in [0.15, 0.2) is 5.82 Å². The molecule has 0 radical (unpaired) electrons. The number of nitrogen functional groups attached to an aromatic ring is 1. The van der Waals surface area contributed by atoms with Crippen molar-refractivity contribution >= 4 is 35.0 Å². The number of carbonyl (C=O) groups excluding carboxylic acids is 1. The average Bonchev–Trinajstić information content (AvgIpc) is 3.13. The van der Waals surface area contributed by atoms with E-state index >= 15 is 0 Å². The summed E-state index contributed by atoms with van der Waals surface area (Å²) in [6.45, 7) is -2.91. The second kappa shape index (κ2) is 10.4. The van der Waals surface area contributed by atoms with E-state index in [1.165, 1.54) is 49.2 Å². The van der Waals surface area contributed by atoms with Crippen molar-refractivity contribution in [2.45, 2.75) is 11.8 Å². The zero-order valence-electron chi connectivity index (χ0n) is 16.8. The summed E-state index contributed by atoms with van der Waals surface area (Å²) in [6.07, 6.45) is 0. The zero-order chi connectivity index (χ0) is 23.3. The number of nitrogens with zero attached hydrogens (tertiary/aromatic N) is 3. The van der Waals surface area contributed by atoms with Crippen molar-refractivity contribution in [1.29, 1.82) is 0 Å². The minimum absolute atomic E-state index is 0.00682. The first-order chi connectivity index (χ1) is 15.3. The van der Waals surface area contributed by atoms with E-state index in [1.807, 2.05) is 0 Å². The number of thioether (sulfide) groups is 1. The van der Waals surface area contributed by atoms with E-state index in [9.17, 15) is 13.6 Å². The first-order valence-electron chi connectivity index (χ1n) is 8.92. The monoisotopic (exact) mass is 485 g/mol. The van der Waals surface area contributed by atoms with Crippen molar-refractivity contribution in [3.05, 3.63) is 41.4 Å². The molecule has 0 unspecified atom stereocenters. The summed E-state index contributed by atoms with van der Waals surface area (Å²) < 4.78 is 40.4. The molecule has 0 aliphatic rings. The topological polar surface area (TPSA) is 114 Å². The molecule has 3 N–H and O–H groups in total. The molecule has 0 fully saturated rings. The largest absolute Gasteiger partial charge is 0.495 e. The maximum atomic E-state index is 12.4. The first kappa shape index (κ1) is 23.4. The van der Waals surface area contributed by atoms with Crippen LogP contribution >= 0.6 is 23.4 Å². The number of methoxy groups -OCH3 is 2. The van der Waals surface area contributed by atoms with Crippen molar-refractivity contribution in [1.82, 2.24) is 14.9 Å². The lowest BCUT2D eigenvalue weighted by Crippen LogP contribution is -2.17. The molecule has 2 aromatic carbocycles. The van der Waals surface area contributed by atoms with Gasteiger partial charge < -0.3 is 25.4 Å². The molecule has 0 bridgehead atoms. The number of halogens is 3. The molecule has 3 rings (SSSR count). The lowest BCUT2D eigenvalue weighted by Gasteiger charge is -2.13. The Hall–Kier alpha value is -3.25. The smallest absolute Gasteiger partial charge is 0.387 e. The molecule has 1 aromatic heterocycles. The number of nitrogens with one attached hydrogen (secondary N) is 1. The van der Waals surface area contributed by atoms with Crippen molar-refractivity contribution < 1.29 is 27.8 Å². The minimum Gasteiger partial charge on any atom is -0.495 e. The van der Waals surface area contributed by atoms with Gasteiger partial charge in [-0.05, 0) is 24.3 Å². The fourth-order valence-corrected chi connectivity index (χ4v) is 3.52. The van der Waals surface area contributed by atoms with E-state index in [-0.39, 0.29) is 22.6 Å². The van der Waals surface area contributed by atoms with Crippen LogP contribution in [0.4, 0.5) is 14.5 Å². The van der Waals surface area contributed by atoms with Gasteiger partial charge >= 0.3 is 6.61 Å². The van der Waals surface area contributed by atoms with Crippen LogP contribution in [0.3, 0.4) is 0 Å². The van der Waals surface area contributed by atoms with Crippen molar-refractivity contribution in [2.75, 3.05) is 31.1 Å². The summed E-state index contributed by atoms with van der Waals surface area (Å²) in [5.41, 5.74) is 0.927. The van der Waals surface area contributed by atoms with E-state index in [0.717, 1.165) is 11.8 Å². The Morgan fingerprint density at radius 3 is 2.50 bits per heavy atom. The standard InChI is InChI=1S/C19H18ClF2N5O4S/c1-29-14-8-13(15(30-2)7-12(14)20)24-16(28)9-32-19-26-25-17(27(19)23)10-3-5-11(6-4-10)31-18(21)22/h3-8,18H,9,23H2,1-2H3,(H,24,28). The minimum atomic E-state index is -2.91. The third-order valence-corrected chi connectivity index (χ3v) is 5.32. The molecule has 3 aromatic rings. The van der Waals surface area contributed by atoms with Gasteiger partial charge in [-0.3, -0.25) is 4.79 Å². The van der Waals surface area contributed by atoms with Crippen LogP contribution < -0.4 is 25.4 Å². The number of aromatic nitrogens is 3. The number of hydrogen-bond acceptors (Lipinski definition) is 8. The molecule has 13 heteroatoms. The SMILES string of the molecule is COc1cc(NC(=O)CSc2nnc(-c3ccc(OC(F)F)cc3)n2N)c(OC)cc1Cl. The summed E-state index contributed by atoms with van der Waals surface area (Å²) >= 11 is 7.12. The van der Waals surface area contributed by atoms with Crippen LogP contribution in [0, 0.1) is 0 Å². The fourth-order valence-electron chi connectivity index (χ4n) is 2.63. The van der Waals surface area contributed by atoms with Gasteiger partial charge in [-0.15, -0.1) is 10.2 Å². The average molecular weight is 486 g/mol. The van der Waals surface area contributed by atoms with Gasteiger partial charge in [-0.2, -0.15) is 8.78 Å². The van der Waals surface area contributed by atoms with Crippen LogP contribution in [0.5, 0.6) is 17.2 Å². The van der Waals surface area contributed by atoms with E-state index in [1.54, 1.807) is 6.07 Å². The summed E-state index contributed by atoms with van der Waals surface area (Å²) in [6, 6.07) is 8.85. The Labute approximate surface area is 190 Å². The number of alkyl halides is 2. The molecule has 1 amide bonds. The summed E-state index contributed by atoms with van der Waals surface area (Å²) in [5.74, 6) is 6.71. The van der Waals surface area contributed by atoms with E-state index in [2.05, 4.69) is 20.3 Å². The highest BCUT2D eigenvalue weighted by atomic mass is 35.5. The van der Waals surface area contributed by atoms with Crippen LogP contribution in [0.15, 0.2) is 41.6 Å². The lowest BCUT2D eigenvalue weighted by atomic mass is 10.2. The third kappa shape index (κ3) is 5.51. The Morgan fingerprint density at radius 1 is 1.19 bits per heavy atom. The molecule has 170 valence electrons. The molecule has 0 saturated heterocycles. The molecular formula is C19H18ClF2N5O4S. The number of benzene rings is 2. The van der Waals surface area contributed by atoms with Gasteiger partial charge in [-0.25, -0.2) is 4.68 Å². The predicted molar refractivity (Wildman–Crippen MR) is 116 cm³/mol. The Bertz CT molecular complexity index is 1100. The number of hydrogen-bond donors (Lipinski definition) is 2. The van der Waals surface area contributed by atoms with Crippen LogP contribution in [0.1, 0.15) is 0 Å². The summed E-state index contributed by atoms with van der Waals surface area (Å²) in [4.78, 5) is 12.4. The maximum Gasteiger partial charge on any atom is 0.387 e. The number of ether oxygens (including phenoxy) is 3. The van der Waals surface area contributed by atoms with Gasteiger partial charge in [0.2, 0.25) is 11.1 Å². The van der Waals surface area contributed by atoms with Crippen LogP contribution in [-0.4, -0.2) is 47.4 Å². The molecule has 0 aliphatic carbocycles. The summed E-state index contributed by atoms with van der Waals surface area (Å²) in [7, 11) is 2.91. The zero-order valence-corrected chi connectivity index (χ0v) is 18.4. The predicted octanol–water partition coefficient (Wildman–Crippen LogP) is 3.66. The van der Waals surface area contributed by atoms with Gasteiger partial charge in [0.25, 0.3) is 0 Å². The number of amides is 1. The number of nitrogens with two attached hydrogens (primary N) is 1. The Kier molecular flexibility index (Phi) is 7.59. The van der Waals surface area contributed by atoms with Crippen molar-refractivity contribution in [3.63, 3.8) is 0 Å². The van der Waals surface area contributed by atoms with Gasteiger partial charge in [0.05, 0.1) is 30.7 Å². The van der Waals surface area contributed by atoms with Gasteiger partial charge in [0, 0.05) is 17.7 Å². The van der Waals surface area contributed by atoms with Gasteiger partial charge in [0.1, 0.15) is 17.2 Å². The molecule has 0 spiro atoms. The van der Waals surface area contributed by atoms with Crippen LogP contribution in [0.25, 0.3) is 11.4 Å². The molecule has 0 aliphatic heterocycles. The third-order valence-electron chi connectivity index (χ3n) is 4.08. The van der Waals surface area contributed by atoms with E-state index < -0.39 is 6.61 Å². The van der Waals surface area contributed by atoms with Crippen LogP contribution in [-0.2, 0) is 4.79 Å². The highest BCUT2D eigenvalue weighted by Gasteiger charge is 2.16. The fraction of sp³-hybridized carbons (Fsp3) is 0.211. The maximum absolute atomic E-state index is 12.4. The molecule has 1 heterocycles. The second-order valence-corrected chi connectivity index (χ2v) is 7.45. The summed E-state index contributed by atoms with van der Waals surface area (Å²) in [5, 5.41) is 11.3. The first-order valence-corrected chi connectivity index (χ1v) is 10.3. The molecule has 0 saturated carbocycles.